The van der Waals surface area contributed by atoms with E-state index in [1.165, 1.54) is 23.2 Å². The first-order chi connectivity index (χ1) is 9.28. The SMILES string of the molecule is CCNCc1cc2c(cc1OCC)CN(CC)CC2. The number of fused-ring (bicyclic) bond motifs is 1. The van der Waals surface area contributed by atoms with Crippen LogP contribution in [-0.2, 0) is 19.5 Å². The first kappa shape index (κ1) is 14.4. The highest BCUT2D eigenvalue weighted by atomic mass is 16.5. The lowest BCUT2D eigenvalue weighted by Gasteiger charge is -2.28. The zero-order valence-corrected chi connectivity index (χ0v) is 12.5. The number of benzene rings is 1. The Morgan fingerprint density at radius 2 is 2.05 bits per heavy atom. The fourth-order valence-corrected chi connectivity index (χ4v) is 2.65. The summed E-state index contributed by atoms with van der Waals surface area (Å²) >= 11 is 0. The molecule has 0 amide bonds. The minimum absolute atomic E-state index is 0.732. The van der Waals surface area contributed by atoms with E-state index in [1.807, 2.05) is 0 Å². The molecule has 0 aromatic heterocycles. The van der Waals surface area contributed by atoms with Gasteiger partial charge in [-0.05, 0) is 43.6 Å². The van der Waals surface area contributed by atoms with Crippen LogP contribution in [0.2, 0.25) is 0 Å². The average Bonchev–Trinajstić information content (AvgIpc) is 2.44. The molecule has 0 spiro atoms. The summed E-state index contributed by atoms with van der Waals surface area (Å²) in [6, 6.07) is 4.60. The summed E-state index contributed by atoms with van der Waals surface area (Å²) in [5, 5.41) is 3.40. The summed E-state index contributed by atoms with van der Waals surface area (Å²) in [6.45, 7) is 12.4. The van der Waals surface area contributed by atoms with E-state index in [2.05, 4.69) is 43.1 Å². The molecule has 0 aliphatic carbocycles. The fraction of sp³-hybridized carbons (Fsp3) is 0.625. The van der Waals surface area contributed by atoms with Crippen molar-refractivity contribution < 1.29 is 4.74 Å². The second-order valence-electron chi connectivity index (χ2n) is 5.06. The molecule has 0 atom stereocenters. The van der Waals surface area contributed by atoms with Gasteiger partial charge in [-0.1, -0.05) is 19.9 Å². The van der Waals surface area contributed by atoms with Crippen LogP contribution < -0.4 is 10.1 Å². The maximum Gasteiger partial charge on any atom is 0.124 e. The van der Waals surface area contributed by atoms with Gasteiger partial charge < -0.3 is 10.1 Å². The second-order valence-corrected chi connectivity index (χ2v) is 5.06. The molecular formula is C16H26N2O. The summed E-state index contributed by atoms with van der Waals surface area (Å²) in [7, 11) is 0. The van der Waals surface area contributed by atoms with Gasteiger partial charge in [-0.2, -0.15) is 0 Å². The fourth-order valence-electron chi connectivity index (χ4n) is 2.65. The lowest BCUT2D eigenvalue weighted by atomic mass is 9.96. The molecule has 1 aromatic rings. The highest BCUT2D eigenvalue weighted by Crippen LogP contribution is 2.28. The molecule has 0 unspecified atom stereocenters. The molecule has 1 heterocycles. The first-order valence-corrected chi connectivity index (χ1v) is 7.49. The Labute approximate surface area is 116 Å². The van der Waals surface area contributed by atoms with Crippen LogP contribution in [0, 0.1) is 0 Å². The van der Waals surface area contributed by atoms with Gasteiger partial charge in [0.25, 0.3) is 0 Å². The van der Waals surface area contributed by atoms with Crippen molar-refractivity contribution in [3.63, 3.8) is 0 Å². The number of rotatable bonds is 6. The van der Waals surface area contributed by atoms with Gasteiger partial charge in [-0.25, -0.2) is 0 Å². The summed E-state index contributed by atoms with van der Waals surface area (Å²) in [4.78, 5) is 2.49. The molecule has 2 rings (SSSR count). The molecule has 1 aliphatic rings. The molecule has 0 bridgehead atoms. The Kier molecular flexibility index (Phi) is 5.23. The predicted octanol–water partition coefficient (Wildman–Crippen LogP) is 2.57. The van der Waals surface area contributed by atoms with Gasteiger partial charge in [0.15, 0.2) is 0 Å². The smallest absolute Gasteiger partial charge is 0.124 e. The molecule has 0 saturated carbocycles. The molecule has 1 aromatic carbocycles. The maximum absolute atomic E-state index is 5.81. The van der Waals surface area contributed by atoms with Crippen LogP contribution in [0.1, 0.15) is 37.5 Å². The average molecular weight is 262 g/mol. The Hall–Kier alpha value is -1.06. The van der Waals surface area contributed by atoms with Crippen molar-refractivity contribution in [1.29, 1.82) is 0 Å². The van der Waals surface area contributed by atoms with Crippen LogP contribution in [0.25, 0.3) is 0 Å². The quantitative estimate of drug-likeness (QED) is 0.853. The van der Waals surface area contributed by atoms with Crippen LogP contribution in [0.15, 0.2) is 12.1 Å². The molecule has 1 N–H and O–H groups in total. The van der Waals surface area contributed by atoms with Gasteiger partial charge in [-0.15, -0.1) is 0 Å². The van der Waals surface area contributed by atoms with E-state index in [0.29, 0.717) is 0 Å². The van der Waals surface area contributed by atoms with Gasteiger partial charge in [0.2, 0.25) is 0 Å². The van der Waals surface area contributed by atoms with Gasteiger partial charge in [0, 0.05) is 25.2 Å². The van der Waals surface area contributed by atoms with Crippen molar-refractivity contribution in [3.8, 4) is 5.75 Å². The van der Waals surface area contributed by atoms with Crippen molar-refractivity contribution in [2.24, 2.45) is 0 Å². The van der Waals surface area contributed by atoms with Crippen molar-refractivity contribution in [2.75, 3.05) is 26.2 Å². The number of hydrogen-bond acceptors (Lipinski definition) is 3. The van der Waals surface area contributed by atoms with Gasteiger partial charge >= 0.3 is 0 Å². The van der Waals surface area contributed by atoms with Crippen LogP contribution in [0.5, 0.6) is 5.75 Å². The van der Waals surface area contributed by atoms with E-state index in [0.717, 1.165) is 45.0 Å². The molecular weight excluding hydrogens is 236 g/mol. The molecule has 0 saturated heterocycles. The second kappa shape index (κ2) is 6.92. The molecule has 106 valence electrons. The Morgan fingerprint density at radius 1 is 1.21 bits per heavy atom. The van der Waals surface area contributed by atoms with Crippen molar-refractivity contribution in [1.82, 2.24) is 10.2 Å². The third kappa shape index (κ3) is 3.48. The van der Waals surface area contributed by atoms with E-state index in [1.54, 1.807) is 0 Å². The topological polar surface area (TPSA) is 24.5 Å². The largest absolute Gasteiger partial charge is 0.494 e. The van der Waals surface area contributed by atoms with E-state index in [4.69, 9.17) is 4.74 Å². The zero-order valence-electron chi connectivity index (χ0n) is 12.5. The highest BCUT2D eigenvalue weighted by Gasteiger charge is 2.17. The molecule has 3 nitrogen and oxygen atoms in total. The molecule has 0 fully saturated rings. The number of hydrogen-bond donors (Lipinski definition) is 1. The molecule has 1 aliphatic heterocycles. The van der Waals surface area contributed by atoms with E-state index >= 15 is 0 Å². The monoisotopic (exact) mass is 262 g/mol. The van der Waals surface area contributed by atoms with Gasteiger partial charge in [-0.3, -0.25) is 4.90 Å². The first-order valence-electron chi connectivity index (χ1n) is 7.49. The number of likely N-dealkylation sites (N-methyl/N-ethyl adjacent to an activating group) is 1. The molecule has 0 radical (unpaired) electrons. The summed E-state index contributed by atoms with van der Waals surface area (Å²) in [5.74, 6) is 1.06. The number of ether oxygens (including phenoxy) is 1. The van der Waals surface area contributed by atoms with Crippen LogP contribution >= 0.6 is 0 Å². The lowest BCUT2D eigenvalue weighted by molar-refractivity contribution is 0.266. The summed E-state index contributed by atoms with van der Waals surface area (Å²) in [6.07, 6.45) is 1.16. The normalized spacial score (nSPS) is 15.3. The Balaban J connectivity index is 2.25. The third-order valence-electron chi connectivity index (χ3n) is 3.79. The standard InChI is InChI=1S/C16H26N2O/c1-4-17-11-14-9-13-7-8-18(5-2)12-15(13)10-16(14)19-6-3/h9-10,17H,4-8,11-12H2,1-3H3. The summed E-state index contributed by atoms with van der Waals surface area (Å²) < 4.78 is 5.81. The van der Waals surface area contributed by atoms with Crippen molar-refractivity contribution >= 4 is 0 Å². The Bertz CT molecular complexity index is 417. The minimum Gasteiger partial charge on any atom is -0.494 e. The number of nitrogens with one attached hydrogen (secondary N) is 1. The minimum atomic E-state index is 0.732. The van der Waals surface area contributed by atoms with Crippen LogP contribution in [-0.4, -0.2) is 31.1 Å². The predicted molar refractivity (Wildman–Crippen MR) is 79.6 cm³/mol. The molecule has 19 heavy (non-hydrogen) atoms. The van der Waals surface area contributed by atoms with Crippen LogP contribution in [0.3, 0.4) is 0 Å². The molecule has 3 heteroatoms. The lowest BCUT2D eigenvalue weighted by Crippen LogP contribution is -2.30. The van der Waals surface area contributed by atoms with Crippen molar-refractivity contribution in [3.05, 3.63) is 28.8 Å². The van der Waals surface area contributed by atoms with Crippen LogP contribution in [0.4, 0.5) is 0 Å². The van der Waals surface area contributed by atoms with E-state index in [9.17, 15) is 0 Å². The highest BCUT2D eigenvalue weighted by molar-refractivity contribution is 5.44. The van der Waals surface area contributed by atoms with Gasteiger partial charge in [0.05, 0.1) is 6.61 Å². The van der Waals surface area contributed by atoms with E-state index < -0.39 is 0 Å². The van der Waals surface area contributed by atoms with Crippen molar-refractivity contribution in [2.45, 2.75) is 40.3 Å². The maximum atomic E-state index is 5.81. The van der Waals surface area contributed by atoms with E-state index in [-0.39, 0.29) is 0 Å². The Morgan fingerprint density at radius 3 is 2.74 bits per heavy atom. The number of nitrogens with zero attached hydrogens (tertiary/aromatic N) is 1. The zero-order chi connectivity index (χ0) is 13.7. The summed E-state index contributed by atoms with van der Waals surface area (Å²) in [5.41, 5.74) is 4.24. The third-order valence-corrected chi connectivity index (χ3v) is 3.79. The van der Waals surface area contributed by atoms with Gasteiger partial charge in [0.1, 0.15) is 5.75 Å².